The van der Waals surface area contributed by atoms with Crippen molar-refractivity contribution in [1.82, 2.24) is 19.9 Å². The molecule has 9 nitrogen and oxygen atoms in total. The Morgan fingerprint density at radius 1 is 1.43 bits per heavy atom. The highest BCUT2D eigenvalue weighted by Crippen LogP contribution is 2.57. The maximum absolute atomic E-state index is 13.0. The van der Waals surface area contributed by atoms with E-state index in [0.29, 0.717) is 18.1 Å². The van der Waals surface area contributed by atoms with E-state index < -0.39 is 6.10 Å². The normalized spacial score (nSPS) is 28.2. The highest BCUT2D eigenvalue weighted by atomic mass is 32.1. The van der Waals surface area contributed by atoms with Gasteiger partial charge in [0.2, 0.25) is 5.91 Å². The molecule has 186 valence electrons. The van der Waals surface area contributed by atoms with Gasteiger partial charge in [0, 0.05) is 42.7 Å². The quantitative estimate of drug-likeness (QED) is 0.627. The number of amides is 2. The molecule has 0 bridgehead atoms. The zero-order valence-electron chi connectivity index (χ0n) is 20.6. The summed E-state index contributed by atoms with van der Waals surface area (Å²) in [7, 11) is 1.72. The van der Waals surface area contributed by atoms with Crippen LogP contribution in [0.3, 0.4) is 0 Å². The first-order valence-electron chi connectivity index (χ1n) is 12.0. The van der Waals surface area contributed by atoms with E-state index in [2.05, 4.69) is 35.2 Å². The number of nitrogens with one attached hydrogen (secondary N) is 1. The van der Waals surface area contributed by atoms with Gasteiger partial charge in [-0.05, 0) is 36.5 Å². The van der Waals surface area contributed by atoms with Crippen LogP contribution >= 0.6 is 11.3 Å². The number of aromatic nitrogens is 3. The van der Waals surface area contributed by atoms with Gasteiger partial charge in [0.1, 0.15) is 5.69 Å². The average Bonchev–Trinajstić information content (AvgIpc) is 3.24. The predicted molar refractivity (Wildman–Crippen MR) is 132 cm³/mol. The lowest BCUT2D eigenvalue weighted by molar-refractivity contribution is -0.143. The third-order valence-electron chi connectivity index (χ3n) is 7.91. The number of hydrogen-bond donors (Lipinski definition) is 2. The molecule has 4 rings (SSSR count). The molecule has 10 heteroatoms. The molecule has 0 radical (unpaired) electrons. The van der Waals surface area contributed by atoms with Crippen LogP contribution in [-0.4, -0.2) is 56.5 Å². The van der Waals surface area contributed by atoms with Gasteiger partial charge in [0.15, 0.2) is 5.13 Å². The Morgan fingerprint density at radius 3 is 2.89 bits per heavy atom. The maximum Gasteiger partial charge on any atom is 0.277 e. The summed E-state index contributed by atoms with van der Waals surface area (Å²) in [5, 5.41) is 23.8. The number of carbonyl (C=O) groups is 2. The summed E-state index contributed by atoms with van der Waals surface area (Å²) in [6, 6.07) is 2.08. The number of hydrogen-bond acceptors (Lipinski definition) is 8. The first-order valence-corrected chi connectivity index (χ1v) is 12.8. The van der Waals surface area contributed by atoms with Crippen LogP contribution < -0.4 is 5.32 Å². The standard InChI is InChI=1S/C25H32N6O3S/c1-14(23(34)31(4)11-5-8-26)16-6-7-25(3)12-18-20(15(2)19(25)21(16)32)29-24(35-18)30-22(33)17-13-27-9-10-28-17/h9-10,13-16,19,21,32H,5-7,11-12H2,1-4H3,(H,29,30,33)/t14-,15-,16-,19+,21-,25+/m0/s1. The lowest BCUT2D eigenvalue weighted by Gasteiger charge is -2.53. The fourth-order valence-corrected chi connectivity index (χ4v) is 7.30. The first kappa shape index (κ1) is 25.2. The summed E-state index contributed by atoms with van der Waals surface area (Å²) in [6.07, 6.45) is 6.51. The van der Waals surface area contributed by atoms with Crippen molar-refractivity contribution in [2.24, 2.45) is 23.2 Å². The number of nitrogens with zero attached hydrogens (tertiary/aromatic N) is 5. The van der Waals surface area contributed by atoms with Gasteiger partial charge in [-0.2, -0.15) is 5.26 Å². The van der Waals surface area contributed by atoms with Crippen LogP contribution in [0.5, 0.6) is 0 Å². The van der Waals surface area contributed by atoms with E-state index in [1.54, 1.807) is 11.9 Å². The Hall–Kier alpha value is -2.90. The van der Waals surface area contributed by atoms with Crippen LogP contribution in [0.25, 0.3) is 0 Å². The predicted octanol–water partition coefficient (Wildman–Crippen LogP) is 3.25. The fourth-order valence-electron chi connectivity index (χ4n) is 6.04. The van der Waals surface area contributed by atoms with E-state index in [0.717, 1.165) is 29.8 Å². The molecule has 1 saturated carbocycles. The summed E-state index contributed by atoms with van der Waals surface area (Å²) in [6.45, 7) is 6.60. The number of carbonyl (C=O) groups excluding carboxylic acids is 2. The molecule has 1 fully saturated rings. The van der Waals surface area contributed by atoms with E-state index in [-0.39, 0.29) is 46.6 Å². The van der Waals surface area contributed by atoms with Crippen LogP contribution in [0.15, 0.2) is 18.6 Å². The monoisotopic (exact) mass is 496 g/mol. The van der Waals surface area contributed by atoms with Gasteiger partial charge in [0.25, 0.3) is 5.91 Å². The number of anilines is 1. The number of aliphatic hydroxyl groups excluding tert-OH is 1. The molecule has 2 aromatic rings. The number of thiazole rings is 1. The highest BCUT2D eigenvalue weighted by molar-refractivity contribution is 7.15. The van der Waals surface area contributed by atoms with Gasteiger partial charge in [-0.25, -0.2) is 9.97 Å². The van der Waals surface area contributed by atoms with Crippen molar-refractivity contribution in [3.8, 4) is 6.07 Å². The second kappa shape index (κ2) is 9.99. The van der Waals surface area contributed by atoms with Gasteiger partial charge in [-0.3, -0.25) is 19.9 Å². The minimum absolute atomic E-state index is 0.0152. The largest absolute Gasteiger partial charge is 0.392 e. The SMILES string of the molecule is C[C@H](C(=O)N(C)CCC#N)[C@@H]1CC[C@]2(C)Cc3sc(NC(=O)c4cnccn4)nc3[C@@H](C)[C@@H]2[C@H]1O. The van der Waals surface area contributed by atoms with E-state index in [1.807, 2.05) is 6.92 Å². The zero-order valence-corrected chi connectivity index (χ0v) is 21.4. The molecule has 0 saturated heterocycles. The minimum Gasteiger partial charge on any atom is -0.392 e. The molecule has 0 spiro atoms. The summed E-state index contributed by atoms with van der Waals surface area (Å²) >= 11 is 1.48. The smallest absolute Gasteiger partial charge is 0.277 e. The first-order chi connectivity index (χ1) is 16.7. The van der Waals surface area contributed by atoms with Crippen molar-refractivity contribution < 1.29 is 14.7 Å². The molecule has 2 aliphatic rings. The second-order valence-electron chi connectivity index (χ2n) is 10.2. The summed E-state index contributed by atoms with van der Waals surface area (Å²) in [5.74, 6) is -0.918. The Labute approximate surface area is 209 Å². The molecular formula is C25H32N6O3S. The molecule has 0 unspecified atom stereocenters. The number of nitriles is 1. The Kier molecular flexibility index (Phi) is 7.20. The molecule has 35 heavy (non-hydrogen) atoms. The Morgan fingerprint density at radius 2 is 2.20 bits per heavy atom. The fraction of sp³-hybridized carbons (Fsp3) is 0.600. The van der Waals surface area contributed by atoms with Gasteiger partial charge in [0.05, 0.1) is 30.5 Å². The molecule has 2 aliphatic carbocycles. The summed E-state index contributed by atoms with van der Waals surface area (Å²) in [5.41, 5.74) is 1.03. The van der Waals surface area contributed by atoms with E-state index >= 15 is 0 Å². The second-order valence-corrected chi connectivity index (χ2v) is 11.3. The van der Waals surface area contributed by atoms with Gasteiger partial charge < -0.3 is 10.0 Å². The summed E-state index contributed by atoms with van der Waals surface area (Å²) in [4.78, 5) is 41.0. The lowest BCUT2D eigenvalue weighted by atomic mass is 9.53. The van der Waals surface area contributed by atoms with E-state index in [9.17, 15) is 14.7 Å². The maximum atomic E-state index is 13.0. The highest BCUT2D eigenvalue weighted by Gasteiger charge is 2.54. The number of rotatable bonds is 6. The third-order valence-corrected chi connectivity index (χ3v) is 8.89. The van der Waals surface area contributed by atoms with Crippen molar-refractivity contribution in [3.63, 3.8) is 0 Å². The van der Waals surface area contributed by atoms with Crippen molar-refractivity contribution in [1.29, 1.82) is 5.26 Å². The van der Waals surface area contributed by atoms with Gasteiger partial charge in [-0.1, -0.05) is 20.8 Å². The average molecular weight is 497 g/mol. The van der Waals surface area contributed by atoms with Crippen molar-refractivity contribution in [2.45, 2.75) is 58.5 Å². The lowest BCUT2D eigenvalue weighted by Crippen LogP contribution is -2.53. The summed E-state index contributed by atoms with van der Waals surface area (Å²) < 4.78 is 0. The molecular weight excluding hydrogens is 464 g/mol. The van der Waals surface area contributed by atoms with E-state index in [4.69, 9.17) is 10.2 Å². The van der Waals surface area contributed by atoms with Crippen LogP contribution in [0, 0.1) is 34.5 Å². The molecule has 0 aliphatic heterocycles. The van der Waals surface area contributed by atoms with Crippen LogP contribution in [0.4, 0.5) is 5.13 Å². The Bertz CT molecular complexity index is 1130. The van der Waals surface area contributed by atoms with Crippen molar-refractivity contribution >= 4 is 28.3 Å². The zero-order chi connectivity index (χ0) is 25.3. The molecule has 2 amide bonds. The van der Waals surface area contributed by atoms with Crippen molar-refractivity contribution in [2.75, 3.05) is 18.9 Å². The van der Waals surface area contributed by atoms with Crippen LogP contribution in [-0.2, 0) is 11.2 Å². The van der Waals surface area contributed by atoms with Gasteiger partial charge >= 0.3 is 0 Å². The molecule has 6 atom stereocenters. The molecule has 2 N–H and O–H groups in total. The van der Waals surface area contributed by atoms with Crippen LogP contribution in [0.1, 0.15) is 67.0 Å². The van der Waals surface area contributed by atoms with E-state index in [1.165, 1.54) is 29.9 Å². The van der Waals surface area contributed by atoms with Crippen LogP contribution in [0.2, 0.25) is 0 Å². The topological polar surface area (TPSA) is 132 Å². The molecule has 2 heterocycles. The molecule has 0 aromatic carbocycles. The Balaban J connectivity index is 1.52. The third kappa shape index (κ3) is 4.80. The number of aliphatic hydroxyl groups is 1. The number of fused-ring (bicyclic) bond motifs is 2. The molecule has 2 aromatic heterocycles. The van der Waals surface area contributed by atoms with Gasteiger partial charge in [-0.15, -0.1) is 11.3 Å². The minimum atomic E-state index is -0.639. The van der Waals surface area contributed by atoms with Crippen molar-refractivity contribution in [3.05, 3.63) is 34.9 Å².